The van der Waals surface area contributed by atoms with Crippen LogP contribution in [-0.4, -0.2) is 13.7 Å². The van der Waals surface area contributed by atoms with E-state index in [9.17, 15) is 0 Å². The Kier molecular flexibility index (Phi) is 5.96. The second-order valence-electron chi connectivity index (χ2n) is 13.4. The molecule has 3 nitrogen and oxygen atoms in total. The Morgan fingerprint density at radius 1 is 0.255 bits per heavy atom. The molecule has 0 amide bonds. The summed E-state index contributed by atoms with van der Waals surface area (Å²) in [7, 11) is 0. The molecule has 11 aromatic rings. The first-order valence-electron chi connectivity index (χ1n) is 17.5. The standard InChI is InChI=1S/C48H31N3/c1-3-15-34(16-4-1)49-42-23-11-9-21-38(42)40-29-32(27-28-46(40)49)33-30-41-39-22-10-12-24-43(39)50(35-17-5-2-6-18-35)48(41)47(31-33)51-44-25-13-7-19-36(44)37-20-8-14-26-45(37)51/h1-31H. The predicted octanol–water partition coefficient (Wildman–Crippen LogP) is 12.6. The molecule has 3 aromatic heterocycles. The van der Waals surface area contributed by atoms with Crippen LogP contribution in [0.25, 0.3) is 93.6 Å². The molecule has 0 radical (unpaired) electrons. The van der Waals surface area contributed by atoms with Crippen molar-refractivity contribution in [1.82, 2.24) is 13.7 Å². The summed E-state index contributed by atoms with van der Waals surface area (Å²) < 4.78 is 7.31. The zero-order valence-electron chi connectivity index (χ0n) is 27.7. The van der Waals surface area contributed by atoms with Gasteiger partial charge in [0.25, 0.3) is 0 Å². The molecular formula is C48H31N3. The summed E-state index contributed by atoms with van der Waals surface area (Å²) in [6.07, 6.45) is 0. The Balaban J connectivity index is 1.28. The van der Waals surface area contributed by atoms with Gasteiger partial charge < -0.3 is 13.7 Å². The third-order valence-corrected chi connectivity index (χ3v) is 10.6. The lowest BCUT2D eigenvalue weighted by atomic mass is 9.99. The maximum atomic E-state index is 2.48. The third kappa shape index (κ3) is 4.06. The Bertz CT molecular complexity index is 3070. The monoisotopic (exact) mass is 649 g/mol. The quantitative estimate of drug-likeness (QED) is 0.180. The predicted molar refractivity (Wildman–Crippen MR) is 215 cm³/mol. The van der Waals surface area contributed by atoms with E-state index in [1.165, 1.54) is 82.2 Å². The normalized spacial score (nSPS) is 11.9. The average molecular weight is 650 g/mol. The van der Waals surface area contributed by atoms with E-state index in [1.54, 1.807) is 0 Å². The van der Waals surface area contributed by atoms with Crippen molar-refractivity contribution in [2.24, 2.45) is 0 Å². The number of nitrogens with zero attached hydrogens (tertiary/aromatic N) is 3. The second kappa shape index (κ2) is 10.8. The van der Waals surface area contributed by atoms with Crippen LogP contribution in [0.1, 0.15) is 0 Å². The molecule has 0 aliphatic heterocycles. The molecule has 0 fully saturated rings. The lowest BCUT2D eigenvalue weighted by molar-refractivity contribution is 1.13. The van der Waals surface area contributed by atoms with Crippen LogP contribution in [0.3, 0.4) is 0 Å². The van der Waals surface area contributed by atoms with Crippen LogP contribution < -0.4 is 0 Å². The molecule has 11 rings (SSSR count). The Hall–Kier alpha value is -6.84. The van der Waals surface area contributed by atoms with E-state index in [4.69, 9.17) is 0 Å². The fourth-order valence-corrected chi connectivity index (χ4v) is 8.45. The van der Waals surface area contributed by atoms with Crippen LogP contribution in [0, 0.1) is 0 Å². The lowest BCUT2D eigenvalue weighted by Crippen LogP contribution is -2.01. The minimum absolute atomic E-state index is 1.15. The summed E-state index contributed by atoms with van der Waals surface area (Å²) in [6, 6.07) is 68.5. The van der Waals surface area contributed by atoms with Crippen LogP contribution in [0.5, 0.6) is 0 Å². The summed E-state index contributed by atoms with van der Waals surface area (Å²) in [6.45, 7) is 0. The number of rotatable bonds is 4. The number of hydrogen-bond acceptors (Lipinski definition) is 0. The third-order valence-electron chi connectivity index (χ3n) is 10.6. The molecule has 0 saturated heterocycles. The van der Waals surface area contributed by atoms with Gasteiger partial charge in [0.1, 0.15) is 0 Å². The molecule has 3 heteroatoms. The molecule has 0 bridgehead atoms. The van der Waals surface area contributed by atoms with Crippen molar-refractivity contribution in [1.29, 1.82) is 0 Å². The molecule has 238 valence electrons. The zero-order chi connectivity index (χ0) is 33.5. The smallest absolute Gasteiger partial charge is 0.0782 e. The number of fused-ring (bicyclic) bond motifs is 9. The number of aromatic nitrogens is 3. The van der Waals surface area contributed by atoms with Gasteiger partial charge in [-0.1, -0.05) is 115 Å². The second-order valence-corrected chi connectivity index (χ2v) is 13.4. The minimum atomic E-state index is 1.15. The maximum Gasteiger partial charge on any atom is 0.0782 e. The maximum absolute atomic E-state index is 2.48. The highest BCUT2D eigenvalue weighted by molar-refractivity contribution is 6.17. The van der Waals surface area contributed by atoms with Gasteiger partial charge in [0.2, 0.25) is 0 Å². The first kappa shape index (κ1) is 28.0. The molecule has 0 unspecified atom stereocenters. The number of benzene rings is 8. The fraction of sp³-hybridized carbons (Fsp3) is 0. The summed E-state index contributed by atoms with van der Waals surface area (Å²) >= 11 is 0. The molecule has 0 spiro atoms. The van der Waals surface area contributed by atoms with E-state index in [0.29, 0.717) is 0 Å². The van der Waals surface area contributed by atoms with Gasteiger partial charge in [-0.3, -0.25) is 0 Å². The Morgan fingerprint density at radius 2 is 0.667 bits per heavy atom. The lowest BCUT2D eigenvalue weighted by Gasteiger charge is -2.16. The summed E-state index contributed by atoms with van der Waals surface area (Å²) in [5, 5.41) is 7.48. The average Bonchev–Trinajstić information content (AvgIpc) is 3.84. The van der Waals surface area contributed by atoms with Gasteiger partial charge in [0.15, 0.2) is 0 Å². The first-order valence-corrected chi connectivity index (χ1v) is 17.5. The fourth-order valence-electron chi connectivity index (χ4n) is 8.45. The van der Waals surface area contributed by atoms with E-state index in [1.807, 2.05) is 0 Å². The Morgan fingerprint density at radius 3 is 1.25 bits per heavy atom. The molecule has 0 atom stereocenters. The largest absolute Gasteiger partial charge is 0.309 e. The van der Waals surface area contributed by atoms with Gasteiger partial charge in [-0.2, -0.15) is 0 Å². The molecule has 0 aliphatic rings. The van der Waals surface area contributed by atoms with Gasteiger partial charge in [0.05, 0.1) is 38.8 Å². The molecule has 3 heterocycles. The van der Waals surface area contributed by atoms with Gasteiger partial charge in [-0.05, 0) is 83.9 Å². The van der Waals surface area contributed by atoms with Crippen LogP contribution in [0.15, 0.2) is 188 Å². The number of hydrogen-bond donors (Lipinski definition) is 0. The van der Waals surface area contributed by atoms with Crippen molar-refractivity contribution in [3.63, 3.8) is 0 Å². The Labute approximate surface area is 294 Å². The van der Waals surface area contributed by atoms with Gasteiger partial charge in [-0.25, -0.2) is 0 Å². The van der Waals surface area contributed by atoms with Crippen molar-refractivity contribution in [3.05, 3.63) is 188 Å². The highest BCUT2D eigenvalue weighted by Crippen LogP contribution is 2.43. The van der Waals surface area contributed by atoms with Crippen LogP contribution >= 0.6 is 0 Å². The molecule has 51 heavy (non-hydrogen) atoms. The van der Waals surface area contributed by atoms with Crippen molar-refractivity contribution >= 4 is 65.4 Å². The van der Waals surface area contributed by atoms with Crippen molar-refractivity contribution in [3.8, 4) is 28.2 Å². The molecule has 0 saturated carbocycles. The first-order chi connectivity index (χ1) is 25.3. The topological polar surface area (TPSA) is 14.8 Å². The summed E-state index contributed by atoms with van der Waals surface area (Å²) in [5.41, 5.74) is 13.1. The van der Waals surface area contributed by atoms with Gasteiger partial charge in [-0.15, -0.1) is 0 Å². The molecule has 0 aliphatic carbocycles. The minimum Gasteiger partial charge on any atom is -0.309 e. The van der Waals surface area contributed by atoms with E-state index in [2.05, 4.69) is 202 Å². The van der Waals surface area contributed by atoms with Gasteiger partial charge >= 0.3 is 0 Å². The summed E-state index contributed by atoms with van der Waals surface area (Å²) in [4.78, 5) is 0. The van der Waals surface area contributed by atoms with Crippen molar-refractivity contribution < 1.29 is 0 Å². The van der Waals surface area contributed by atoms with Crippen molar-refractivity contribution in [2.75, 3.05) is 0 Å². The van der Waals surface area contributed by atoms with Crippen LogP contribution in [0.4, 0.5) is 0 Å². The molecular weight excluding hydrogens is 619 g/mol. The molecule has 0 N–H and O–H groups in total. The van der Waals surface area contributed by atoms with E-state index < -0.39 is 0 Å². The molecule has 8 aromatic carbocycles. The van der Waals surface area contributed by atoms with Gasteiger partial charge in [0, 0.05) is 43.7 Å². The summed E-state index contributed by atoms with van der Waals surface area (Å²) in [5.74, 6) is 0. The van der Waals surface area contributed by atoms with E-state index in [-0.39, 0.29) is 0 Å². The zero-order valence-corrected chi connectivity index (χ0v) is 27.7. The van der Waals surface area contributed by atoms with Crippen LogP contribution in [-0.2, 0) is 0 Å². The number of para-hydroxylation sites is 6. The van der Waals surface area contributed by atoms with E-state index in [0.717, 1.165) is 11.4 Å². The SMILES string of the molecule is c1ccc(-n2c3ccccc3c3cc(-c4cc(-n5c6ccccc6c6ccccc65)c5c(c4)c4ccccc4n5-c4ccccc4)ccc32)cc1. The van der Waals surface area contributed by atoms with E-state index >= 15 is 0 Å². The van der Waals surface area contributed by atoms with Crippen LogP contribution in [0.2, 0.25) is 0 Å². The van der Waals surface area contributed by atoms with Crippen molar-refractivity contribution in [2.45, 2.75) is 0 Å². The highest BCUT2D eigenvalue weighted by atomic mass is 15.1. The highest BCUT2D eigenvalue weighted by Gasteiger charge is 2.22.